The number of benzene rings is 1. The number of halogens is 1. The summed E-state index contributed by atoms with van der Waals surface area (Å²) in [5.74, 6) is 0.917. The summed E-state index contributed by atoms with van der Waals surface area (Å²) in [4.78, 5) is 16.1. The van der Waals surface area contributed by atoms with Crippen molar-refractivity contribution in [3.05, 3.63) is 53.7 Å². The molecule has 1 aromatic carbocycles. The number of nitrogens with zero attached hydrogens (tertiary/aromatic N) is 1. The van der Waals surface area contributed by atoms with Crippen LogP contribution in [-0.4, -0.2) is 10.9 Å². The van der Waals surface area contributed by atoms with Gasteiger partial charge in [0.2, 0.25) is 11.8 Å². The molecule has 1 heterocycles. The summed E-state index contributed by atoms with van der Waals surface area (Å²) in [5.41, 5.74) is 0.762. The van der Waals surface area contributed by atoms with Gasteiger partial charge in [0, 0.05) is 0 Å². The van der Waals surface area contributed by atoms with Crippen molar-refractivity contribution >= 4 is 17.5 Å². The van der Waals surface area contributed by atoms with E-state index in [1.54, 1.807) is 20.0 Å². The lowest BCUT2D eigenvalue weighted by molar-refractivity contribution is -0.121. The van der Waals surface area contributed by atoms with E-state index >= 15 is 0 Å². The van der Waals surface area contributed by atoms with E-state index in [1.165, 1.54) is 0 Å². The zero-order chi connectivity index (χ0) is 13.8. The molecule has 4 nitrogen and oxygen atoms in total. The second-order valence-electron chi connectivity index (χ2n) is 4.31. The first-order valence-electron chi connectivity index (χ1n) is 5.99. The van der Waals surface area contributed by atoms with E-state index in [0.29, 0.717) is 11.7 Å². The minimum absolute atomic E-state index is 0.267. The highest BCUT2D eigenvalue weighted by Crippen LogP contribution is 2.21. The van der Waals surface area contributed by atoms with Gasteiger partial charge < -0.3 is 9.73 Å². The zero-order valence-electron chi connectivity index (χ0n) is 10.8. The number of amides is 1. The summed E-state index contributed by atoms with van der Waals surface area (Å²) in [6, 6.07) is 8.89. The van der Waals surface area contributed by atoms with Crippen molar-refractivity contribution in [3.63, 3.8) is 0 Å². The SMILES string of the molecule is Cc1cnc(C(C)NC(=O)C(Cl)c2ccccc2)o1. The molecule has 100 valence electrons. The molecule has 5 heteroatoms. The number of hydrogen-bond donors (Lipinski definition) is 1. The maximum atomic E-state index is 12.0. The minimum Gasteiger partial charge on any atom is -0.444 e. The summed E-state index contributed by atoms with van der Waals surface area (Å²) in [7, 11) is 0. The fraction of sp³-hybridized carbons (Fsp3) is 0.286. The Morgan fingerprint density at radius 3 is 2.63 bits per heavy atom. The van der Waals surface area contributed by atoms with Crippen LogP contribution in [0.5, 0.6) is 0 Å². The van der Waals surface area contributed by atoms with Gasteiger partial charge in [-0.1, -0.05) is 30.3 Å². The first kappa shape index (κ1) is 13.6. The molecule has 2 aromatic rings. The van der Waals surface area contributed by atoms with Crippen LogP contribution in [0.4, 0.5) is 0 Å². The van der Waals surface area contributed by atoms with Gasteiger partial charge in [-0.05, 0) is 19.4 Å². The fourth-order valence-corrected chi connectivity index (χ4v) is 1.90. The summed E-state index contributed by atoms with van der Waals surface area (Å²) in [6.07, 6.45) is 1.62. The Labute approximate surface area is 116 Å². The lowest BCUT2D eigenvalue weighted by Crippen LogP contribution is -2.29. The molecule has 1 N–H and O–H groups in total. The highest BCUT2D eigenvalue weighted by molar-refractivity contribution is 6.30. The molecule has 0 fully saturated rings. The lowest BCUT2D eigenvalue weighted by atomic mass is 10.1. The van der Waals surface area contributed by atoms with Crippen LogP contribution in [0.15, 0.2) is 40.9 Å². The minimum atomic E-state index is -0.722. The lowest BCUT2D eigenvalue weighted by Gasteiger charge is -2.14. The molecule has 2 unspecified atom stereocenters. The molecule has 0 spiro atoms. The molecule has 0 aliphatic rings. The van der Waals surface area contributed by atoms with Crippen molar-refractivity contribution in [1.82, 2.24) is 10.3 Å². The quantitative estimate of drug-likeness (QED) is 0.874. The van der Waals surface area contributed by atoms with Gasteiger partial charge in [-0.2, -0.15) is 0 Å². The first-order valence-corrected chi connectivity index (χ1v) is 6.43. The molecular formula is C14H15ClN2O2. The third-order valence-electron chi connectivity index (χ3n) is 2.69. The number of nitrogens with one attached hydrogen (secondary N) is 1. The van der Waals surface area contributed by atoms with Crippen LogP contribution in [-0.2, 0) is 4.79 Å². The van der Waals surface area contributed by atoms with Gasteiger partial charge in [-0.25, -0.2) is 4.98 Å². The van der Waals surface area contributed by atoms with Crippen molar-refractivity contribution in [3.8, 4) is 0 Å². The first-order chi connectivity index (χ1) is 9.08. The third-order valence-corrected chi connectivity index (χ3v) is 3.14. The number of alkyl halides is 1. The monoisotopic (exact) mass is 278 g/mol. The zero-order valence-corrected chi connectivity index (χ0v) is 11.5. The predicted octanol–water partition coefficient (Wildman–Crippen LogP) is 3.14. The smallest absolute Gasteiger partial charge is 0.243 e. The van der Waals surface area contributed by atoms with Crippen molar-refractivity contribution in [1.29, 1.82) is 0 Å². The summed E-state index contributed by atoms with van der Waals surface area (Å²) >= 11 is 6.13. The fourth-order valence-electron chi connectivity index (χ4n) is 1.69. The van der Waals surface area contributed by atoms with Crippen molar-refractivity contribution < 1.29 is 9.21 Å². The van der Waals surface area contributed by atoms with Crippen molar-refractivity contribution in [2.75, 3.05) is 0 Å². The molecule has 0 saturated carbocycles. The number of aryl methyl sites for hydroxylation is 1. The maximum Gasteiger partial charge on any atom is 0.243 e. The Kier molecular flexibility index (Phi) is 4.22. The predicted molar refractivity (Wildman–Crippen MR) is 72.8 cm³/mol. The summed E-state index contributed by atoms with van der Waals surface area (Å²) in [5, 5.41) is 2.06. The van der Waals surface area contributed by atoms with Crippen LogP contribution in [0, 0.1) is 6.92 Å². The Morgan fingerprint density at radius 2 is 2.05 bits per heavy atom. The Morgan fingerprint density at radius 1 is 1.37 bits per heavy atom. The highest BCUT2D eigenvalue weighted by atomic mass is 35.5. The normalized spacial score (nSPS) is 13.8. The Hall–Kier alpha value is -1.81. The largest absolute Gasteiger partial charge is 0.444 e. The molecule has 1 aromatic heterocycles. The number of rotatable bonds is 4. The van der Waals surface area contributed by atoms with Crippen molar-refractivity contribution in [2.45, 2.75) is 25.3 Å². The molecule has 2 atom stereocenters. The van der Waals surface area contributed by atoms with Gasteiger partial charge in [0.05, 0.1) is 6.20 Å². The molecular weight excluding hydrogens is 264 g/mol. The molecule has 2 rings (SSSR count). The van der Waals surface area contributed by atoms with E-state index in [0.717, 1.165) is 5.56 Å². The van der Waals surface area contributed by atoms with E-state index < -0.39 is 5.38 Å². The van der Waals surface area contributed by atoms with Gasteiger partial charge in [-0.15, -0.1) is 11.6 Å². The molecule has 0 saturated heterocycles. The molecule has 1 amide bonds. The Bertz CT molecular complexity index is 554. The van der Waals surface area contributed by atoms with Gasteiger partial charge in [0.1, 0.15) is 17.2 Å². The molecule has 0 aliphatic carbocycles. The van der Waals surface area contributed by atoms with Gasteiger partial charge in [-0.3, -0.25) is 4.79 Å². The van der Waals surface area contributed by atoms with E-state index in [9.17, 15) is 4.79 Å². The summed E-state index contributed by atoms with van der Waals surface area (Å²) in [6.45, 7) is 3.61. The Balaban J connectivity index is 2.01. The highest BCUT2D eigenvalue weighted by Gasteiger charge is 2.21. The van der Waals surface area contributed by atoms with Crippen LogP contribution in [0.1, 0.15) is 35.6 Å². The number of carbonyl (C=O) groups is 1. The van der Waals surface area contributed by atoms with Crippen LogP contribution in [0.25, 0.3) is 0 Å². The average molecular weight is 279 g/mol. The number of carbonyl (C=O) groups excluding carboxylic acids is 1. The van der Waals surface area contributed by atoms with Gasteiger partial charge in [0.25, 0.3) is 0 Å². The van der Waals surface area contributed by atoms with E-state index in [4.69, 9.17) is 16.0 Å². The second kappa shape index (κ2) is 5.89. The standard InChI is InChI=1S/C14H15ClN2O2/c1-9-8-16-14(19-9)10(2)17-13(18)12(15)11-6-4-3-5-7-11/h3-8,10,12H,1-2H3,(H,17,18). The van der Waals surface area contributed by atoms with Crippen LogP contribution in [0.2, 0.25) is 0 Å². The number of oxazole rings is 1. The van der Waals surface area contributed by atoms with E-state index in [-0.39, 0.29) is 11.9 Å². The third kappa shape index (κ3) is 3.35. The van der Waals surface area contributed by atoms with Crippen LogP contribution >= 0.6 is 11.6 Å². The number of hydrogen-bond acceptors (Lipinski definition) is 3. The number of aromatic nitrogens is 1. The topological polar surface area (TPSA) is 55.1 Å². The maximum absolute atomic E-state index is 12.0. The van der Waals surface area contributed by atoms with Crippen molar-refractivity contribution in [2.24, 2.45) is 0 Å². The van der Waals surface area contributed by atoms with Crippen LogP contribution < -0.4 is 5.32 Å². The molecule has 0 bridgehead atoms. The van der Waals surface area contributed by atoms with E-state index in [2.05, 4.69) is 10.3 Å². The molecule has 0 aliphatic heterocycles. The summed E-state index contributed by atoms with van der Waals surface area (Å²) < 4.78 is 5.36. The van der Waals surface area contributed by atoms with Gasteiger partial charge in [0.15, 0.2) is 0 Å². The second-order valence-corrected chi connectivity index (χ2v) is 4.75. The van der Waals surface area contributed by atoms with Gasteiger partial charge >= 0.3 is 0 Å². The molecule has 0 radical (unpaired) electrons. The molecule has 19 heavy (non-hydrogen) atoms. The van der Waals surface area contributed by atoms with E-state index in [1.807, 2.05) is 30.3 Å². The average Bonchev–Trinajstić information content (AvgIpc) is 2.85. The van der Waals surface area contributed by atoms with Crippen LogP contribution in [0.3, 0.4) is 0 Å².